The summed E-state index contributed by atoms with van der Waals surface area (Å²) < 4.78 is 35.6. The van der Waals surface area contributed by atoms with Gasteiger partial charge < -0.3 is 15.0 Å². The van der Waals surface area contributed by atoms with E-state index in [4.69, 9.17) is 19.1 Å². The topological polar surface area (TPSA) is 61.9 Å². The van der Waals surface area contributed by atoms with E-state index in [0.717, 1.165) is 4.90 Å². The largest absolute Gasteiger partial charge is 0.496 e. The average molecular weight is 434 g/mol. The zero-order chi connectivity index (χ0) is 23.0. The Hall–Kier alpha value is -2.64. The summed E-state index contributed by atoms with van der Waals surface area (Å²) in [6, 6.07) is 10.8. The van der Waals surface area contributed by atoms with E-state index in [2.05, 4.69) is 5.32 Å². The Balaban J connectivity index is 1.99. The summed E-state index contributed by atoms with van der Waals surface area (Å²) in [5.74, 6) is -0.607. The molecule has 0 spiro atoms. The fraction of sp³-hybridized carbons (Fsp3) is 0.364. The molecule has 0 aliphatic carbocycles. The van der Waals surface area contributed by atoms with Crippen LogP contribution >= 0.6 is 11.6 Å². The predicted molar refractivity (Wildman–Crippen MR) is 113 cm³/mol. The number of ether oxygens (including phenoxy) is 1. The number of benzene rings is 2. The molecule has 1 fully saturated rings. The summed E-state index contributed by atoms with van der Waals surface area (Å²) in [4.78, 5) is 29.5. The number of halogens is 2. The minimum Gasteiger partial charge on any atom is -0.496 e. The number of hydrogen-bond acceptors (Lipinski definition) is 4. The first kappa shape index (κ1) is 18.2. The maximum atomic E-state index is 14.9. The lowest BCUT2D eigenvalue weighted by atomic mass is 9.80. The number of nitrogens with one attached hydrogen (secondary N) is 1. The van der Waals surface area contributed by atoms with E-state index in [1.165, 1.54) is 12.0 Å². The highest BCUT2D eigenvalue weighted by atomic mass is 35.5. The molecule has 0 aromatic heterocycles. The molecule has 2 aromatic carbocycles. The van der Waals surface area contributed by atoms with Gasteiger partial charge in [-0.05, 0) is 24.3 Å². The molecule has 2 aromatic rings. The number of hydrogen-bond donors (Lipinski definition) is 1. The summed E-state index contributed by atoms with van der Waals surface area (Å²) in [5, 5.41) is 3.24. The molecule has 2 aliphatic heterocycles. The van der Waals surface area contributed by atoms with E-state index in [1.807, 2.05) is 0 Å². The van der Waals surface area contributed by atoms with Crippen molar-refractivity contribution in [3.63, 3.8) is 0 Å². The number of rotatable bonds is 4. The normalized spacial score (nSPS) is 26.6. The number of alkyl halides is 1. The second kappa shape index (κ2) is 7.56. The van der Waals surface area contributed by atoms with Crippen molar-refractivity contribution in [3.8, 4) is 5.75 Å². The first-order valence-corrected chi connectivity index (χ1v) is 9.79. The summed E-state index contributed by atoms with van der Waals surface area (Å²) in [6.07, 6.45) is -1.51. The van der Waals surface area contributed by atoms with Gasteiger partial charge in [-0.1, -0.05) is 29.8 Å². The molecule has 30 heavy (non-hydrogen) atoms. The molecule has 4 rings (SSSR count). The molecule has 2 heterocycles. The SMILES string of the molecule is [2H]CN(C[2H])C(=O)[C@@H]1C[C@H](F)CN1C1(c2ccccc2OC)C(=O)Nc2ccc(Cl)cc21. The van der Waals surface area contributed by atoms with Gasteiger partial charge in [0, 0.05) is 51.6 Å². The quantitative estimate of drug-likeness (QED) is 0.805. The number of amides is 2. The monoisotopic (exact) mass is 433 g/mol. The molecule has 1 saturated heterocycles. The number of methoxy groups -OCH3 is 1. The first-order valence-electron chi connectivity index (χ1n) is 10.8. The molecule has 1 unspecified atom stereocenters. The highest BCUT2D eigenvalue weighted by molar-refractivity contribution is 6.31. The lowest BCUT2D eigenvalue weighted by Gasteiger charge is -2.41. The Bertz CT molecular complexity index is 1050. The number of likely N-dealkylation sites (N-methyl/N-ethyl adjacent to an activating group) is 1. The maximum Gasteiger partial charge on any atom is 0.254 e. The molecular formula is C22H23ClFN3O3. The van der Waals surface area contributed by atoms with Crippen molar-refractivity contribution in [2.45, 2.75) is 24.2 Å². The van der Waals surface area contributed by atoms with Crippen molar-refractivity contribution in [1.29, 1.82) is 0 Å². The molecule has 158 valence electrons. The van der Waals surface area contributed by atoms with Gasteiger partial charge in [-0.25, -0.2) is 4.39 Å². The molecule has 6 nitrogen and oxygen atoms in total. The van der Waals surface area contributed by atoms with Gasteiger partial charge in [-0.3, -0.25) is 14.5 Å². The van der Waals surface area contributed by atoms with Crippen LogP contribution in [0.3, 0.4) is 0 Å². The Labute approximate surface area is 182 Å². The van der Waals surface area contributed by atoms with Crippen LogP contribution in [-0.4, -0.2) is 61.5 Å². The van der Waals surface area contributed by atoms with Crippen LogP contribution in [0.25, 0.3) is 0 Å². The van der Waals surface area contributed by atoms with Crippen LogP contribution in [0, 0.1) is 0 Å². The van der Waals surface area contributed by atoms with Crippen molar-refractivity contribution in [1.82, 2.24) is 9.80 Å². The van der Waals surface area contributed by atoms with Gasteiger partial charge in [0.2, 0.25) is 5.91 Å². The Morgan fingerprint density at radius 3 is 2.83 bits per heavy atom. The second-order valence-electron chi connectivity index (χ2n) is 7.43. The van der Waals surface area contributed by atoms with Crippen LogP contribution < -0.4 is 10.1 Å². The molecule has 0 radical (unpaired) electrons. The minimum atomic E-state index is -1.58. The molecule has 0 bridgehead atoms. The van der Waals surface area contributed by atoms with E-state index in [0.29, 0.717) is 27.6 Å². The van der Waals surface area contributed by atoms with Crippen LogP contribution in [0.2, 0.25) is 5.02 Å². The van der Waals surface area contributed by atoms with Gasteiger partial charge >= 0.3 is 0 Å². The zero-order valence-corrected chi connectivity index (χ0v) is 17.2. The van der Waals surface area contributed by atoms with Gasteiger partial charge in [0.15, 0.2) is 5.54 Å². The van der Waals surface area contributed by atoms with Crippen LogP contribution in [0.1, 0.15) is 20.3 Å². The van der Waals surface area contributed by atoms with Crippen LogP contribution in [-0.2, 0) is 15.1 Å². The number of para-hydroxylation sites is 1. The number of anilines is 1. The Kier molecular flexibility index (Phi) is 4.57. The molecule has 8 heteroatoms. The Morgan fingerprint density at radius 1 is 1.33 bits per heavy atom. The molecule has 2 aliphatic rings. The highest BCUT2D eigenvalue weighted by Crippen LogP contribution is 2.51. The maximum absolute atomic E-state index is 14.9. The van der Waals surface area contributed by atoms with E-state index in [-0.39, 0.29) is 13.0 Å². The van der Waals surface area contributed by atoms with Gasteiger partial charge in [0.05, 0.1) is 13.2 Å². The standard InChI is InChI=1S/C22H23ClFN3O3/c1-26(2)20(28)18-11-14(24)12-27(18)22(15-6-4-5-7-19(15)30-3)16-10-13(23)8-9-17(16)25-21(22)29/h4-10,14,18H,11-12H2,1-3H3,(H,25,29)/t14-,18-,22?/m0/s1/i1D,2D. The number of carbonyl (C=O) groups is 2. The number of nitrogens with zero attached hydrogens (tertiary/aromatic N) is 2. The van der Waals surface area contributed by atoms with Crippen molar-refractivity contribution in [2.75, 3.05) is 33.0 Å². The van der Waals surface area contributed by atoms with E-state index in [1.54, 1.807) is 42.5 Å². The third-order valence-corrected chi connectivity index (χ3v) is 5.96. The third kappa shape index (κ3) is 2.96. The fourth-order valence-corrected chi connectivity index (χ4v) is 4.68. The number of fused-ring (bicyclic) bond motifs is 1. The van der Waals surface area contributed by atoms with Crippen molar-refractivity contribution in [2.24, 2.45) is 0 Å². The van der Waals surface area contributed by atoms with Gasteiger partial charge in [0.1, 0.15) is 11.9 Å². The highest BCUT2D eigenvalue weighted by Gasteiger charge is 2.59. The van der Waals surface area contributed by atoms with E-state index >= 15 is 0 Å². The number of carbonyl (C=O) groups excluding carboxylic acids is 2. The molecule has 1 N–H and O–H groups in total. The van der Waals surface area contributed by atoms with Gasteiger partial charge in [-0.15, -0.1) is 0 Å². The predicted octanol–water partition coefficient (Wildman–Crippen LogP) is 3.04. The van der Waals surface area contributed by atoms with Crippen molar-refractivity contribution >= 4 is 29.1 Å². The van der Waals surface area contributed by atoms with E-state index < -0.39 is 43.6 Å². The summed E-state index contributed by atoms with van der Waals surface area (Å²) in [5.41, 5.74) is -0.119. The van der Waals surface area contributed by atoms with Crippen LogP contribution in [0.5, 0.6) is 5.75 Å². The number of likely N-dealkylation sites (tertiary alicyclic amines) is 1. The third-order valence-electron chi connectivity index (χ3n) is 5.72. The molecule has 3 atom stereocenters. The zero-order valence-electron chi connectivity index (χ0n) is 18.4. The lowest BCUT2D eigenvalue weighted by molar-refractivity contribution is -0.138. The van der Waals surface area contributed by atoms with Gasteiger partial charge in [-0.2, -0.15) is 0 Å². The first-order chi connectivity index (χ1) is 15.4. The van der Waals surface area contributed by atoms with Crippen molar-refractivity contribution in [3.05, 3.63) is 58.6 Å². The van der Waals surface area contributed by atoms with Crippen LogP contribution in [0.15, 0.2) is 42.5 Å². The summed E-state index contributed by atoms with van der Waals surface area (Å²) in [6.45, 7) is -0.183. The fourth-order valence-electron chi connectivity index (χ4n) is 4.51. The Morgan fingerprint density at radius 2 is 2.10 bits per heavy atom. The minimum absolute atomic E-state index is 0.143. The summed E-state index contributed by atoms with van der Waals surface area (Å²) >= 11 is 6.30. The van der Waals surface area contributed by atoms with Crippen LogP contribution in [0.4, 0.5) is 10.1 Å². The molecule has 0 saturated carbocycles. The van der Waals surface area contributed by atoms with E-state index in [9.17, 15) is 14.0 Å². The lowest BCUT2D eigenvalue weighted by Crippen LogP contribution is -2.57. The van der Waals surface area contributed by atoms with Crippen molar-refractivity contribution < 1.29 is 21.5 Å². The smallest absolute Gasteiger partial charge is 0.254 e. The molecular weight excluding hydrogens is 409 g/mol. The van der Waals surface area contributed by atoms with Gasteiger partial charge in [0.25, 0.3) is 5.91 Å². The molecule has 2 amide bonds. The summed E-state index contributed by atoms with van der Waals surface area (Å²) in [7, 11) is 0.616. The average Bonchev–Trinajstić information content (AvgIpc) is 3.31. The second-order valence-corrected chi connectivity index (χ2v) is 7.87.